The fourth-order valence-electron chi connectivity index (χ4n) is 3.45. The van der Waals surface area contributed by atoms with Crippen molar-refractivity contribution >= 4 is 16.0 Å². The number of rotatable bonds is 8. The summed E-state index contributed by atoms with van der Waals surface area (Å²) in [6.07, 6.45) is -0.828. The Morgan fingerprint density at radius 1 is 1.03 bits per heavy atom. The summed E-state index contributed by atoms with van der Waals surface area (Å²) in [4.78, 5) is -0.0390. The van der Waals surface area contributed by atoms with Gasteiger partial charge in [-0.2, -0.15) is 0 Å². The molecule has 0 amide bonds. The van der Waals surface area contributed by atoms with Gasteiger partial charge in [-0.15, -0.1) is 10.2 Å². The van der Waals surface area contributed by atoms with Crippen LogP contribution in [0.25, 0.3) is 17.3 Å². The highest BCUT2D eigenvalue weighted by Crippen LogP contribution is 2.38. The van der Waals surface area contributed by atoms with Crippen molar-refractivity contribution in [1.82, 2.24) is 14.8 Å². The first-order valence-corrected chi connectivity index (χ1v) is 11.8. The highest BCUT2D eigenvalue weighted by Gasteiger charge is 2.27. The predicted octanol–water partition coefficient (Wildman–Crippen LogP) is 3.71. The van der Waals surface area contributed by atoms with E-state index in [1.54, 1.807) is 56.3 Å². The van der Waals surface area contributed by atoms with Crippen molar-refractivity contribution in [2.45, 2.75) is 24.8 Å². The van der Waals surface area contributed by atoms with Gasteiger partial charge in [-0.25, -0.2) is 13.1 Å². The average Bonchev–Trinajstić information content (AvgIpc) is 3.43. The minimum atomic E-state index is -4.10. The number of aliphatic hydroxyl groups is 1. The second-order valence-electron chi connectivity index (χ2n) is 7.46. The maximum absolute atomic E-state index is 13.3. The maximum atomic E-state index is 13.3. The highest BCUT2D eigenvalue weighted by molar-refractivity contribution is 7.92. The summed E-state index contributed by atoms with van der Waals surface area (Å²) in [5, 5.41) is 18.2. The van der Waals surface area contributed by atoms with E-state index in [2.05, 4.69) is 14.9 Å². The number of aliphatic hydroxyl groups excluding tert-OH is 1. The monoisotopic (exact) mass is 484 g/mol. The van der Waals surface area contributed by atoms with Crippen molar-refractivity contribution in [2.24, 2.45) is 0 Å². The first-order chi connectivity index (χ1) is 16.2. The minimum Gasteiger partial charge on any atom is -0.494 e. The fraction of sp³-hybridized carbons (Fsp3) is 0.217. The Bertz CT molecular complexity index is 1400. The van der Waals surface area contributed by atoms with Gasteiger partial charge in [0.05, 0.1) is 25.2 Å². The third-order valence-corrected chi connectivity index (χ3v) is 6.45. The number of ether oxygens (including phenoxy) is 2. The molecule has 4 rings (SSSR count). The van der Waals surface area contributed by atoms with Gasteiger partial charge < -0.3 is 19.0 Å². The summed E-state index contributed by atoms with van der Waals surface area (Å²) < 4.78 is 47.3. The third kappa shape index (κ3) is 4.35. The Kier molecular flexibility index (Phi) is 6.31. The van der Waals surface area contributed by atoms with Crippen molar-refractivity contribution in [3.8, 4) is 28.8 Å². The lowest BCUT2D eigenvalue weighted by Crippen LogP contribution is -2.17. The number of anilines is 1. The maximum Gasteiger partial charge on any atom is 0.264 e. The SMILES string of the molecule is COc1cccc(OC)c1-n1c(NS(=O)(=O)c2cccc(C(C)O)c2)nnc1-c1ccc(C)o1. The zero-order valence-corrected chi connectivity index (χ0v) is 19.8. The first kappa shape index (κ1) is 23.3. The van der Waals surface area contributed by atoms with E-state index < -0.39 is 16.1 Å². The fourth-order valence-corrected chi connectivity index (χ4v) is 4.49. The number of para-hydroxylation sites is 1. The normalized spacial score (nSPS) is 12.4. The molecule has 0 aliphatic heterocycles. The zero-order chi connectivity index (χ0) is 24.5. The Morgan fingerprint density at radius 2 is 1.71 bits per heavy atom. The second-order valence-corrected chi connectivity index (χ2v) is 9.14. The van der Waals surface area contributed by atoms with E-state index >= 15 is 0 Å². The molecule has 4 aromatic rings. The molecule has 0 fully saturated rings. The Labute approximate surface area is 196 Å². The average molecular weight is 485 g/mol. The lowest BCUT2D eigenvalue weighted by atomic mass is 10.1. The molecule has 2 heterocycles. The molecule has 0 aliphatic rings. The number of nitrogens with one attached hydrogen (secondary N) is 1. The molecule has 1 atom stereocenters. The number of aromatic nitrogens is 3. The summed E-state index contributed by atoms with van der Waals surface area (Å²) in [5.41, 5.74) is 0.847. The number of hydrogen-bond donors (Lipinski definition) is 2. The molecule has 2 aromatic heterocycles. The van der Waals surface area contributed by atoms with Crippen LogP contribution in [-0.2, 0) is 10.0 Å². The van der Waals surface area contributed by atoms with Crippen molar-refractivity contribution < 1.29 is 27.4 Å². The van der Waals surface area contributed by atoms with E-state index in [1.807, 2.05) is 0 Å². The van der Waals surface area contributed by atoms with Gasteiger partial charge in [0, 0.05) is 0 Å². The highest BCUT2D eigenvalue weighted by atomic mass is 32.2. The van der Waals surface area contributed by atoms with E-state index in [4.69, 9.17) is 13.9 Å². The minimum absolute atomic E-state index is 0.0390. The van der Waals surface area contributed by atoms with Gasteiger partial charge in [0.15, 0.2) is 5.76 Å². The number of benzene rings is 2. The van der Waals surface area contributed by atoms with Crippen molar-refractivity contribution in [1.29, 1.82) is 0 Å². The van der Waals surface area contributed by atoms with E-state index in [0.717, 1.165) is 0 Å². The second kappa shape index (κ2) is 9.20. The van der Waals surface area contributed by atoms with Crippen molar-refractivity contribution in [2.75, 3.05) is 18.9 Å². The van der Waals surface area contributed by atoms with E-state index in [9.17, 15) is 13.5 Å². The number of aryl methyl sites for hydroxylation is 1. The van der Waals surface area contributed by atoms with Gasteiger partial charge >= 0.3 is 0 Å². The number of sulfonamides is 1. The number of methoxy groups -OCH3 is 2. The van der Waals surface area contributed by atoms with Gasteiger partial charge in [0.1, 0.15) is 22.9 Å². The van der Waals surface area contributed by atoms with Crippen molar-refractivity contribution in [3.63, 3.8) is 0 Å². The lowest BCUT2D eigenvalue weighted by Gasteiger charge is -2.17. The Balaban J connectivity index is 1.90. The van der Waals surface area contributed by atoms with Crippen LogP contribution in [0.15, 0.2) is 63.9 Å². The topological polar surface area (TPSA) is 129 Å². The van der Waals surface area contributed by atoms with E-state index in [0.29, 0.717) is 34.3 Å². The van der Waals surface area contributed by atoms with Gasteiger partial charge in [-0.3, -0.25) is 4.57 Å². The van der Waals surface area contributed by atoms with Gasteiger partial charge in [-0.1, -0.05) is 18.2 Å². The summed E-state index contributed by atoms with van der Waals surface area (Å²) >= 11 is 0. The lowest BCUT2D eigenvalue weighted by molar-refractivity contribution is 0.199. The van der Waals surface area contributed by atoms with Crippen LogP contribution in [-0.4, -0.2) is 42.5 Å². The third-order valence-electron chi connectivity index (χ3n) is 5.13. The summed E-state index contributed by atoms with van der Waals surface area (Å²) in [6, 6.07) is 14.7. The van der Waals surface area contributed by atoms with E-state index in [1.165, 1.54) is 30.9 Å². The van der Waals surface area contributed by atoms with Crippen LogP contribution in [0, 0.1) is 6.92 Å². The molecule has 10 nitrogen and oxygen atoms in total. The summed E-state index contributed by atoms with van der Waals surface area (Å²) in [5.74, 6) is 1.97. The molecule has 0 spiro atoms. The molecular weight excluding hydrogens is 460 g/mol. The number of furan rings is 1. The molecular formula is C23H24N4O6S. The zero-order valence-electron chi connectivity index (χ0n) is 19.0. The van der Waals surface area contributed by atoms with Gasteiger partial charge in [0.25, 0.3) is 10.0 Å². The van der Waals surface area contributed by atoms with Crippen LogP contribution in [0.1, 0.15) is 24.4 Å². The molecule has 0 radical (unpaired) electrons. The number of nitrogens with zero attached hydrogens (tertiary/aromatic N) is 3. The molecule has 0 aliphatic carbocycles. The van der Waals surface area contributed by atoms with Gasteiger partial charge in [0.2, 0.25) is 11.8 Å². The molecule has 0 saturated carbocycles. The molecule has 34 heavy (non-hydrogen) atoms. The van der Waals surface area contributed by atoms with Crippen LogP contribution in [0.5, 0.6) is 11.5 Å². The molecule has 1 unspecified atom stereocenters. The molecule has 0 saturated heterocycles. The number of hydrogen-bond acceptors (Lipinski definition) is 8. The van der Waals surface area contributed by atoms with E-state index in [-0.39, 0.29) is 16.7 Å². The standard InChI is InChI=1S/C23H24N4O6S/c1-14-11-12-20(33-14)22-24-25-23(27(22)21-18(31-3)9-6-10-19(21)32-4)26-34(29,30)17-8-5-7-16(13-17)15(2)28/h5-13,15,28H,1-4H3,(H,25,26). The Morgan fingerprint density at radius 3 is 2.29 bits per heavy atom. The predicted molar refractivity (Wildman–Crippen MR) is 125 cm³/mol. The largest absolute Gasteiger partial charge is 0.494 e. The summed E-state index contributed by atoms with van der Waals surface area (Å²) in [6.45, 7) is 3.34. The Hall–Kier alpha value is -3.83. The first-order valence-electron chi connectivity index (χ1n) is 10.3. The van der Waals surface area contributed by atoms with Crippen LogP contribution < -0.4 is 14.2 Å². The molecule has 11 heteroatoms. The quantitative estimate of drug-likeness (QED) is 0.387. The molecule has 2 aromatic carbocycles. The molecule has 0 bridgehead atoms. The van der Waals surface area contributed by atoms with Gasteiger partial charge in [-0.05, 0) is 55.8 Å². The molecule has 178 valence electrons. The van der Waals surface area contributed by atoms with Crippen LogP contribution >= 0.6 is 0 Å². The summed E-state index contributed by atoms with van der Waals surface area (Å²) in [7, 11) is -1.12. The molecule has 2 N–H and O–H groups in total. The van der Waals surface area contributed by atoms with Crippen LogP contribution in [0.2, 0.25) is 0 Å². The van der Waals surface area contributed by atoms with Crippen LogP contribution in [0.4, 0.5) is 5.95 Å². The smallest absolute Gasteiger partial charge is 0.264 e. The van der Waals surface area contributed by atoms with Crippen molar-refractivity contribution in [3.05, 3.63) is 65.9 Å². The van der Waals surface area contributed by atoms with Crippen LogP contribution in [0.3, 0.4) is 0 Å².